The third kappa shape index (κ3) is 3.88. The van der Waals surface area contributed by atoms with Crippen molar-refractivity contribution in [2.75, 3.05) is 16.0 Å². The Morgan fingerprint density at radius 1 is 1.12 bits per heavy atom. The van der Waals surface area contributed by atoms with E-state index in [0.29, 0.717) is 5.69 Å². The molecule has 7 heteroatoms. The molecule has 0 aromatic heterocycles. The van der Waals surface area contributed by atoms with Gasteiger partial charge in [-0.3, -0.25) is 14.4 Å². The number of carbonyl (C=O) groups is 3. The summed E-state index contributed by atoms with van der Waals surface area (Å²) in [7, 11) is 0. The lowest BCUT2D eigenvalue weighted by Crippen LogP contribution is -2.31. The Balaban J connectivity index is 1.59. The number of nitrogens with one attached hydrogen (secondary N) is 1. The van der Waals surface area contributed by atoms with Crippen molar-refractivity contribution < 1.29 is 18.8 Å². The smallest absolute Gasteiger partial charge is 0.247 e. The first-order chi connectivity index (χ1) is 12.1. The average Bonchev–Trinajstić information content (AvgIpc) is 2.89. The summed E-state index contributed by atoms with van der Waals surface area (Å²) in [6.45, 7) is 0. The molecule has 2 aromatic rings. The van der Waals surface area contributed by atoms with E-state index in [9.17, 15) is 18.8 Å². The lowest BCUT2D eigenvalue weighted by molar-refractivity contribution is -0.121. The predicted molar refractivity (Wildman–Crippen MR) is 94.8 cm³/mol. The third-order valence-electron chi connectivity index (χ3n) is 3.68. The molecule has 5 nitrogen and oxygen atoms in total. The number of carbonyl (C=O) groups excluding carboxylic acids is 3. The summed E-state index contributed by atoms with van der Waals surface area (Å²) < 4.78 is 13.5. The van der Waals surface area contributed by atoms with Crippen LogP contribution in [0.2, 0.25) is 0 Å². The molecule has 1 aliphatic heterocycles. The normalized spacial score (nSPS) is 17.0. The van der Waals surface area contributed by atoms with E-state index in [1.165, 1.54) is 18.2 Å². The van der Waals surface area contributed by atoms with E-state index in [1.54, 1.807) is 36.4 Å². The van der Waals surface area contributed by atoms with Gasteiger partial charge in [0.1, 0.15) is 5.82 Å². The third-order valence-corrected chi connectivity index (χ3v) is 4.88. The second-order valence-electron chi connectivity index (χ2n) is 5.43. The molecule has 1 heterocycles. The lowest BCUT2D eigenvalue weighted by atomic mass is 10.3. The van der Waals surface area contributed by atoms with Crippen LogP contribution in [0, 0.1) is 5.82 Å². The summed E-state index contributed by atoms with van der Waals surface area (Å²) in [6.07, 6.45) is 0.0470. The van der Waals surface area contributed by atoms with Crippen molar-refractivity contribution in [2.45, 2.75) is 11.7 Å². The van der Waals surface area contributed by atoms with Gasteiger partial charge in [0, 0.05) is 6.42 Å². The van der Waals surface area contributed by atoms with Crippen LogP contribution >= 0.6 is 11.8 Å². The highest BCUT2D eigenvalue weighted by Crippen LogP contribution is 2.29. The number of rotatable bonds is 5. The number of nitrogens with zero attached hydrogens (tertiary/aromatic N) is 1. The first-order valence-corrected chi connectivity index (χ1v) is 8.69. The molecule has 25 heavy (non-hydrogen) atoms. The van der Waals surface area contributed by atoms with E-state index in [0.717, 1.165) is 16.7 Å². The van der Waals surface area contributed by atoms with Gasteiger partial charge in [-0.25, -0.2) is 9.29 Å². The van der Waals surface area contributed by atoms with Gasteiger partial charge in [0.15, 0.2) is 0 Å². The Kier molecular flexibility index (Phi) is 5.14. The molecule has 1 atom stereocenters. The Bertz CT molecular complexity index is 813. The second kappa shape index (κ2) is 7.48. The van der Waals surface area contributed by atoms with Gasteiger partial charge in [-0.15, -0.1) is 11.8 Å². The number of hydrogen-bond acceptors (Lipinski definition) is 4. The average molecular weight is 358 g/mol. The fraction of sp³-hybridized carbons (Fsp3) is 0.167. The molecule has 128 valence electrons. The van der Waals surface area contributed by atoms with Gasteiger partial charge >= 0.3 is 0 Å². The van der Waals surface area contributed by atoms with Crippen LogP contribution in [0.1, 0.15) is 6.42 Å². The summed E-state index contributed by atoms with van der Waals surface area (Å²) in [5.41, 5.74) is 0.615. The van der Waals surface area contributed by atoms with Crippen LogP contribution in [-0.2, 0) is 14.4 Å². The monoisotopic (exact) mass is 358 g/mol. The molecule has 0 aliphatic carbocycles. The minimum absolute atomic E-state index is 0.0410. The maximum Gasteiger partial charge on any atom is 0.247 e. The van der Waals surface area contributed by atoms with Crippen LogP contribution in [0.25, 0.3) is 0 Å². The minimum atomic E-state index is -0.612. The van der Waals surface area contributed by atoms with E-state index in [1.807, 2.05) is 0 Å². The van der Waals surface area contributed by atoms with E-state index in [2.05, 4.69) is 5.32 Å². The number of anilines is 2. The van der Waals surface area contributed by atoms with Gasteiger partial charge in [0.2, 0.25) is 17.7 Å². The number of halogens is 1. The van der Waals surface area contributed by atoms with Crippen LogP contribution in [0.4, 0.5) is 15.8 Å². The molecule has 0 saturated carbocycles. The fourth-order valence-electron chi connectivity index (χ4n) is 2.51. The number of thioether (sulfide) groups is 1. The number of benzene rings is 2. The van der Waals surface area contributed by atoms with Crippen LogP contribution < -0.4 is 10.2 Å². The molecule has 1 fully saturated rings. The molecule has 0 bridgehead atoms. The Morgan fingerprint density at radius 2 is 1.80 bits per heavy atom. The number of amides is 3. The van der Waals surface area contributed by atoms with Crippen molar-refractivity contribution in [3.05, 3.63) is 60.4 Å². The van der Waals surface area contributed by atoms with Gasteiger partial charge in [0.25, 0.3) is 0 Å². The van der Waals surface area contributed by atoms with E-state index >= 15 is 0 Å². The molecule has 3 rings (SSSR count). The molecule has 0 spiro atoms. The molecule has 1 aliphatic rings. The highest BCUT2D eigenvalue weighted by atomic mass is 32.2. The van der Waals surface area contributed by atoms with Crippen LogP contribution in [0.5, 0.6) is 0 Å². The SMILES string of the molecule is O=C(CSC1CC(=O)N(c2ccccc2)C1=O)Nc1ccccc1F. The molecule has 1 saturated heterocycles. The second-order valence-corrected chi connectivity index (χ2v) is 6.63. The molecule has 0 radical (unpaired) electrons. The quantitative estimate of drug-likeness (QED) is 0.835. The zero-order chi connectivity index (χ0) is 17.8. The van der Waals surface area contributed by atoms with Crippen LogP contribution in [0.15, 0.2) is 54.6 Å². The Morgan fingerprint density at radius 3 is 2.52 bits per heavy atom. The van der Waals surface area contributed by atoms with Crippen LogP contribution in [0.3, 0.4) is 0 Å². The largest absolute Gasteiger partial charge is 0.323 e. The summed E-state index contributed by atoms with van der Waals surface area (Å²) >= 11 is 1.08. The van der Waals surface area contributed by atoms with E-state index in [4.69, 9.17) is 0 Å². The maximum absolute atomic E-state index is 13.5. The predicted octanol–water partition coefficient (Wildman–Crippen LogP) is 2.83. The molecule has 1 N–H and O–H groups in total. The Hall–Kier alpha value is -2.67. The first-order valence-electron chi connectivity index (χ1n) is 7.64. The summed E-state index contributed by atoms with van der Waals surface area (Å²) in [5.74, 6) is -1.61. The van der Waals surface area contributed by atoms with E-state index in [-0.39, 0.29) is 29.7 Å². The summed E-state index contributed by atoms with van der Waals surface area (Å²) in [4.78, 5) is 37.6. The van der Waals surface area contributed by atoms with Crippen molar-refractivity contribution in [2.24, 2.45) is 0 Å². The van der Waals surface area contributed by atoms with E-state index < -0.39 is 17.0 Å². The Labute approximate surface area is 148 Å². The number of para-hydroxylation sites is 2. The highest BCUT2D eigenvalue weighted by Gasteiger charge is 2.39. The summed E-state index contributed by atoms with van der Waals surface area (Å²) in [6, 6.07) is 14.5. The topological polar surface area (TPSA) is 66.5 Å². The van der Waals surface area contributed by atoms with Crippen molar-refractivity contribution in [1.82, 2.24) is 0 Å². The standard InChI is InChI=1S/C18H15FN2O3S/c19-13-8-4-5-9-14(13)20-16(22)11-25-15-10-17(23)21(18(15)24)12-6-2-1-3-7-12/h1-9,15H,10-11H2,(H,20,22). The zero-order valence-electron chi connectivity index (χ0n) is 13.1. The summed E-state index contributed by atoms with van der Waals surface area (Å²) in [5, 5.41) is 1.85. The number of imide groups is 1. The molecular weight excluding hydrogens is 343 g/mol. The molecule has 2 aromatic carbocycles. The lowest BCUT2D eigenvalue weighted by Gasteiger charge is -2.14. The highest BCUT2D eigenvalue weighted by molar-refractivity contribution is 8.01. The van der Waals surface area contributed by atoms with Crippen LogP contribution in [-0.4, -0.2) is 28.7 Å². The van der Waals surface area contributed by atoms with Crippen molar-refractivity contribution in [3.8, 4) is 0 Å². The van der Waals surface area contributed by atoms with Crippen molar-refractivity contribution >= 4 is 40.9 Å². The molecular formula is C18H15FN2O3S. The van der Waals surface area contributed by atoms with Gasteiger partial charge in [-0.05, 0) is 24.3 Å². The molecule has 3 amide bonds. The van der Waals surface area contributed by atoms with Gasteiger partial charge in [-0.2, -0.15) is 0 Å². The first kappa shape index (κ1) is 17.2. The minimum Gasteiger partial charge on any atom is -0.323 e. The van der Waals surface area contributed by atoms with Crippen molar-refractivity contribution in [1.29, 1.82) is 0 Å². The van der Waals surface area contributed by atoms with Gasteiger partial charge in [-0.1, -0.05) is 30.3 Å². The molecule has 1 unspecified atom stereocenters. The zero-order valence-corrected chi connectivity index (χ0v) is 14.0. The number of hydrogen-bond donors (Lipinski definition) is 1. The fourth-order valence-corrected chi connectivity index (χ4v) is 3.44. The van der Waals surface area contributed by atoms with Gasteiger partial charge < -0.3 is 5.32 Å². The van der Waals surface area contributed by atoms with Gasteiger partial charge in [0.05, 0.1) is 22.4 Å². The maximum atomic E-state index is 13.5. The van der Waals surface area contributed by atoms with Crippen molar-refractivity contribution in [3.63, 3.8) is 0 Å².